The molecule has 0 saturated heterocycles. The summed E-state index contributed by atoms with van der Waals surface area (Å²) >= 11 is 3.29. The van der Waals surface area contributed by atoms with Gasteiger partial charge in [0.25, 0.3) is 0 Å². The zero-order valence-corrected chi connectivity index (χ0v) is 10.2. The number of hydrogen-bond donors (Lipinski definition) is 0. The molecule has 0 aromatic heterocycles. The quantitative estimate of drug-likeness (QED) is 0.793. The number of benzene rings is 1. The fourth-order valence-corrected chi connectivity index (χ4v) is 1.58. The third-order valence-electron chi connectivity index (χ3n) is 1.97. The first-order chi connectivity index (χ1) is 7.04. The van der Waals surface area contributed by atoms with Crippen LogP contribution in [0.1, 0.15) is 18.1 Å². The smallest absolute Gasteiger partial charge is 0.310 e. The first kappa shape index (κ1) is 12.2. The highest BCUT2D eigenvalue weighted by atomic mass is 79.9. The standard InChI is InChI=1S/C11H12BrFO2/c1-3-15-11(14)6-8-5-9(12)7(2)4-10(8)13/h4-5H,3,6H2,1-2H3. The molecule has 0 amide bonds. The number of aryl methyl sites for hydroxylation is 1. The van der Waals surface area contributed by atoms with E-state index in [1.54, 1.807) is 19.9 Å². The molecule has 0 saturated carbocycles. The van der Waals surface area contributed by atoms with E-state index in [0.29, 0.717) is 12.2 Å². The van der Waals surface area contributed by atoms with Crippen LogP contribution < -0.4 is 0 Å². The van der Waals surface area contributed by atoms with Gasteiger partial charge in [-0.1, -0.05) is 15.9 Å². The van der Waals surface area contributed by atoms with Crippen LogP contribution in [0, 0.1) is 12.7 Å². The van der Waals surface area contributed by atoms with E-state index in [-0.39, 0.29) is 12.2 Å². The van der Waals surface area contributed by atoms with Crippen molar-refractivity contribution in [2.75, 3.05) is 6.61 Å². The topological polar surface area (TPSA) is 26.3 Å². The van der Waals surface area contributed by atoms with E-state index in [4.69, 9.17) is 4.74 Å². The largest absolute Gasteiger partial charge is 0.466 e. The van der Waals surface area contributed by atoms with Gasteiger partial charge in [-0.05, 0) is 31.5 Å². The van der Waals surface area contributed by atoms with Gasteiger partial charge in [-0.25, -0.2) is 4.39 Å². The minimum absolute atomic E-state index is 0.0292. The molecule has 1 rings (SSSR count). The van der Waals surface area contributed by atoms with Gasteiger partial charge in [-0.15, -0.1) is 0 Å². The van der Waals surface area contributed by atoms with Gasteiger partial charge in [0.2, 0.25) is 0 Å². The molecule has 1 aromatic rings. The third kappa shape index (κ3) is 3.30. The molecule has 4 heteroatoms. The highest BCUT2D eigenvalue weighted by Gasteiger charge is 2.10. The molecular weight excluding hydrogens is 263 g/mol. The number of carbonyl (C=O) groups is 1. The van der Waals surface area contributed by atoms with Crippen LogP contribution in [0.15, 0.2) is 16.6 Å². The molecule has 2 nitrogen and oxygen atoms in total. The normalized spacial score (nSPS) is 10.1. The Morgan fingerprint density at radius 1 is 1.53 bits per heavy atom. The molecule has 0 heterocycles. The molecule has 0 fully saturated rings. The molecule has 0 atom stereocenters. The first-order valence-electron chi connectivity index (χ1n) is 4.64. The Kier molecular flexibility index (Phi) is 4.27. The van der Waals surface area contributed by atoms with Crippen molar-refractivity contribution >= 4 is 21.9 Å². The zero-order chi connectivity index (χ0) is 11.4. The lowest BCUT2D eigenvalue weighted by atomic mass is 10.1. The molecule has 0 radical (unpaired) electrons. The van der Waals surface area contributed by atoms with Crippen molar-refractivity contribution in [2.45, 2.75) is 20.3 Å². The van der Waals surface area contributed by atoms with Crippen LogP contribution in [-0.4, -0.2) is 12.6 Å². The van der Waals surface area contributed by atoms with Gasteiger partial charge in [0, 0.05) is 10.0 Å². The van der Waals surface area contributed by atoms with E-state index in [0.717, 1.165) is 10.0 Å². The lowest BCUT2D eigenvalue weighted by molar-refractivity contribution is -0.142. The van der Waals surface area contributed by atoms with Crippen LogP contribution in [0.2, 0.25) is 0 Å². The second-order valence-electron chi connectivity index (χ2n) is 3.17. The Bertz CT molecular complexity index is 377. The van der Waals surface area contributed by atoms with Gasteiger partial charge in [-0.3, -0.25) is 4.79 Å². The molecule has 15 heavy (non-hydrogen) atoms. The van der Waals surface area contributed by atoms with E-state index in [2.05, 4.69) is 15.9 Å². The second-order valence-corrected chi connectivity index (χ2v) is 4.03. The number of esters is 1. The van der Waals surface area contributed by atoms with Gasteiger partial charge in [0.15, 0.2) is 0 Å². The third-order valence-corrected chi connectivity index (χ3v) is 2.82. The average molecular weight is 275 g/mol. The summed E-state index contributed by atoms with van der Waals surface area (Å²) in [5, 5.41) is 0. The lowest BCUT2D eigenvalue weighted by Crippen LogP contribution is -2.09. The van der Waals surface area contributed by atoms with Gasteiger partial charge < -0.3 is 4.74 Å². The van der Waals surface area contributed by atoms with Crippen molar-refractivity contribution in [2.24, 2.45) is 0 Å². The summed E-state index contributed by atoms with van der Waals surface area (Å²) in [4.78, 5) is 11.2. The van der Waals surface area contributed by atoms with Crippen molar-refractivity contribution in [3.8, 4) is 0 Å². The van der Waals surface area contributed by atoms with Gasteiger partial charge in [0.05, 0.1) is 13.0 Å². The highest BCUT2D eigenvalue weighted by molar-refractivity contribution is 9.10. The fraction of sp³-hybridized carbons (Fsp3) is 0.364. The first-order valence-corrected chi connectivity index (χ1v) is 5.44. The number of halogens is 2. The predicted octanol–water partition coefficient (Wildman–Crippen LogP) is 3.00. The highest BCUT2D eigenvalue weighted by Crippen LogP contribution is 2.21. The number of rotatable bonds is 3. The van der Waals surface area contributed by atoms with Gasteiger partial charge in [0.1, 0.15) is 5.82 Å². The predicted molar refractivity (Wildman–Crippen MR) is 59.2 cm³/mol. The molecular formula is C11H12BrFO2. The van der Waals surface area contributed by atoms with E-state index in [1.807, 2.05) is 0 Å². The van der Waals surface area contributed by atoms with Crippen LogP contribution in [0.5, 0.6) is 0 Å². The van der Waals surface area contributed by atoms with Crippen molar-refractivity contribution in [3.63, 3.8) is 0 Å². The molecule has 0 aliphatic rings. The Hall–Kier alpha value is -0.900. The maximum atomic E-state index is 13.4. The summed E-state index contributed by atoms with van der Waals surface area (Å²) in [5.41, 5.74) is 1.16. The molecule has 0 unspecified atom stereocenters. The van der Waals surface area contributed by atoms with Gasteiger partial charge in [-0.2, -0.15) is 0 Å². The van der Waals surface area contributed by atoms with Gasteiger partial charge >= 0.3 is 5.97 Å². The summed E-state index contributed by atoms with van der Waals surface area (Å²) in [5.74, 6) is -0.782. The van der Waals surface area contributed by atoms with Crippen LogP contribution in [0.3, 0.4) is 0 Å². The molecule has 1 aromatic carbocycles. The number of hydrogen-bond acceptors (Lipinski definition) is 2. The molecule has 0 aliphatic heterocycles. The van der Waals surface area contributed by atoms with Crippen LogP contribution in [0.25, 0.3) is 0 Å². The monoisotopic (exact) mass is 274 g/mol. The number of ether oxygens (including phenoxy) is 1. The molecule has 0 spiro atoms. The fourth-order valence-electron chi connectivity index (χ4n) is 1.19. The van der Waals surface area contributed by atoms with Crippen molar-refractivity contribution in [3.05, 3.63) is 33.5 Å². The summed E-state index contributed by atoms with van der Waals surface area (Å²) in [6.07, 6.45) is -0.0292. The Labute approximate surface area is 96.6 Å². The van der Waals surface area contributed by atoms with E-state index in [1.165, 1.54) is 6.07 Å². The maximum Gasteiger partial charge on any atom is 0.310 e. The van der Waals surface area contributed by atoms with Crippen molar-refractivity contribution < 1.29 is 13.9 Å². The summed E-state index contributed by atoms with van der Waals surface area (Å²) in [6, 6.07) is 3.01. The molecule has 0 bridgehead atoms. The second kappa shape index (κ2) is 5.26. The van der Waals surface area contributed by atoms with E-state index in [9.17, 15) is 9.18 Å². The van der Waals surface area contributed by atoms with E-state index >= 15 is 0 Å². The van der Waals surface area contributed by atoms with Crippen LogP contribution in [-0.2, 0) is 16.0 Å². The summed E-state index contributed by atoms with van der Waals surface area (Å²) in [6.45, 7) is 3.83. The van der Waals surface area contributed by atoms with Crippen LogP contribution >= 0.6 is 15.9 Å². The molecule has 0 N–H and O–H groups in total. The SMILES string of the molecule is CCOC(=O)Cc1cc(Br)c(C)cc1F. The summed E-state index contributed by atoms with van der Waals surface area (Å²) in [7, 11) is 0. The van der Waals surface area contributed by atoms with Crippen molar-refractivity contribution in [1.82, 2.24) is 0 Å². The van der Waals surface area contributed by atoms with Crippen LogP contribution in [0.4, 0.5) is 4.39 Å². The minimum Gasteiger partial charge on any atom is -0.466 e. The molecule has 0 aliphatic carbocycles. The Morgan fingerprint density at radius 3 is 2.80 bits per heavy atom. The van der Waals surface area contributed by atoms with Crippen molar-refractivity contribution in [1.29, 1.82) is 0 Å². The Morgan fingerprint density at radius 2 is 2.20 bits per heavy atom. The maximum absolute atomic E-state index is 13.4. The minimum atomic E-state index is -0.410. The number of carbonyl (C=O) groups excluding carboxylic acids is 1. The molecule has 82 valence electrons. The lowest BCUT2D eigenvalue weighted by Gasteiger charge is -2.06. The summed E-state index contributed by atoms with van der Waals surface area (Å²) < 4.78 is 18.9. The average Bonchev–Trinajstić information content (AvgIpc) is 2.14. The van der Waals surface area contributed by atoms with E-state index < -0.39 is 5.97 Å². The zero-order valence-electron chi connectivity index (χ0n) is 8.64. The Balaban J connectivity index is 2.86.